The Labute approximate surface area is 95.2 Å². The predicted octanol–water partition coefficient (Wildman–Crippen LogP) is 3.00. The number of hydrogen-bond acceptors (Lipinski definition) is 2. The number of H-pyrrole nitrogens is 1. The lowest BCUT2D eigenvalue weighted by molar-refractivity contribution is 0.0727. The number of benzene rings is 1. The maximum Gasteiger partial charge on any atom is 0.345 e. The Hall–Kier alpha value is -1.55. The first-order chi connectivity index (χ1) is 7.27. The van der Waals surface area contributed by atoms with E-state index in [9.17, 15) is 4.79 Å². The maximum atomic E-state index is 11.7. The number of esters is 1. The van der Waals surface area contributed by atoms with E-state index in [2.05, 4.69) is 20.9 Å². The molecule has 0 spiro atoms. The van der Waals surface area contributed by atoms with Crippen molar-refractivity contribution in [2.75, 3.05) is 0 Å². The molecule has 0 fully saturated rings. The third kappa shape index (κ3) is 2.27. The maximum absolute atomic E-state index is 11.7. The standard InChI is InChI=1S/C11H8BrNO2/c12-9-5-2-1-4-8(9)11(14)15-10-6-3-7-13-10/h1-7,13H. The molecular formula is C11H8BrNO2. The van der Waals surface area contributed by atoms with Crippen molar-refractivity contribution in [1.29, 1.82) is 0 Å². The summed E-state index contributed by atoms with van der Waals surface area (Å²) in [4.78, 5) is 14.5. The van der Waals surface area contributed by atoms with Gasteiger partial charge in [0.1, 0.15) is 0 Å². The number of halogens is 1. The summed E-state index contributed by atoms with van der Waals surface area (Å²) in [6, 6.07) is 10.6. The van der Waals surface area contributed by atoms with Gasteiger partial charge in [0.25, 0.3) is 0 Å². The quantitative estimate of drug-likeness (QED) is 0.849. The molecule has 1 aromatic carbocycles. The molecule has 0 atom stereocenters. The Morgan fingerprint density at radius 1 is 1.20 bits per heavy atom. The van der Waals surface area contributed by atoms with Gasteiger partial charge in [0.2, 0.25) is 5.88 Å². The molecule has 0 amide bonds. The van der Waals surface area contributed by atoms with Gasteiger partial charge in [-0.05, 0) is 34.1 Å². The Balaban J connectivity index is 2.19. The van der Waals surface area contributed by atoms with Gasteiger partial charge in [-0.2, -0.15) is 0 Å². The van der Waals surface area contributed by atoms with E-state index in [1.807, 2.05) is 6.07 Å². The van der Waals surface area contributed by atoms with E-state index in [-0.39, 0.29) is 5.97 Å². The molecule has 15 heavy (non-hydrogen) atoms. The SMILES string of the molecule is O=C(Oc1ccc[nH]1)c1ccccc1Br. The first kappa shape index (κ1) is 9.98. The van der Waals surface area contributed by atoms with Crippen molar-refractivity contribution in [3.8, 4) is 5.88 Å². The summed E-state index contributed by atoms with van der Waals surface area (Å²) in [7, 11) is 0. The van der Waals surface area contributed by atoms with E-state index in [1.54, 1.807) is 36.5 Å². The molecule has 0 aliphatic heterocycles. The minimum atomic E-state index is -0.384. The predicted molar refractivity (Wildman–Crippen MR) is 59.9 cm³/mol. The Bertz CT molecular complexity index is 465. The van der Waals surface area contributed by atoms with Crippen LogP contribution in [-0.2, 0) is 0 Å². The van der Waals surface area contributed by atoms with Gasteiger partial charge in [-0.3, -0.25) is 0 Å². The molecule has 0 aliphatic carbocycles. The van der Waals surface area contributed by atoms with Crippen molar-refractivity contribution < 1.29 is 9.53 Å². The fourth-order valence-corrected chi connectivity index (χ4v) is 1.61. The number of nitrogens with one attached hydrogen (secondary N) is 1. The summed E-state index contributed by atoms with van der Waals surface area (Å²) in [5.41, 5.74) is 0.507. The van der Waals surface area contributed by atoms with Crippen LogP contribution in [0.1, 0.15) is 10.4 Å². The lowest BCUT2D eigenvalue weighted by Gasteiger charge is -2.03. The largest absolute Gasteiger partial charge is 0.406 e. The van der Waals surface area contributed by atoms with Crippen LogP contribution in [0.4, 0.5) is 0 Å². The third-order valence-corrected chi connectivity index (χ3v) is 2.56. The summed E-state index contributed by atoms with van der Waals surface area (Å²) in [5.74, 6) is 0.0562. The van der Waals surface area contributed by atoms with Gasteiger partial charge in [-0.15, -0.1) is 0 Å². The van der Waals surface area contributed by atoms with Gasteiger partial charge in [0, 0.05) is 16.7 Å². The van der Waals surface area contributed by atoms with Gasteiger partial charge in [-0.1, -0.05) is 12.1 Å². The molecular weight excluding hydrogens is 258 g/mol. The van der Waals surface area contributed by atoms with Gasteiger partial charge in [0.05, 0.1) is 5.56 Å². The highest BCUT2D eigenvalue weighted by atomic mass is 79.9. The highest BCUT2D eigenvalue weighted by molar-refractivity contribution is 9.10. The number of aromatic nitrogens is 1. The Morgan fingerprint density at radius 2 is 2.00 bits per heavy atom. The van der Waals surface area contributed by atoms with Gasteiger partial charge < -0.3 is 9.72 Å². The second-order valence-electron chi connectivity index (χ2n) is 2.90. The first-order valence-electron chi connectivity index (χ1n) is 4.37. The minimum Gasteiger partial charge on any atom is -0.406 e. The molecule has 0 unspecified atom stereocenters. The highest BCUT2D eigenvalue weighted by Crippen LogP contribution is 2.17. The number of carbonyl (C=O) groups excluding carboxylic acids is 1. The average molecular weight is 266 g/mol. The molecule has 76 valence electrons. The van der Waals surface area contributed by atoms with Crippen molar-refractivity contribution in [2.24, 2.45) is 0 Å². The molecule has 3 nitrogen and oxygen atoms in total. The Morgan fingerprint density at radius 3 is 2.67 bits per heavy atom. The molecule has 4 heteroatoms. The van der Waals surface area contributed by atoms with Gasteiger partial charge >= 0.3 is 5.97 Å². The summed E-state index contributed by atoms with van der Waals surface area (Å²) in [6.07, 6.45) is 1.70. The highest BCUT2D eigenvalue weighted by Gasteiger charge is 2.11. The number of rotatable bonds is 2. The number of hydrogen-bond donors (Lipinski definition) is 1. The van der Waals surface area contributed by atoms with Crippen LogP contribution in [0.25, 0.3) is 0 Å². The molecule has 0 saturated heterocycles. The van der Waals surface area contributed by atoms with E-state index < -0.39 is 0 Å². The number of carbonyl (C=O) groups is 1. The molecule has 1 aromatic heterocycles. The first-order valence-corrected chi connectivity index (χ1v) is 5.17. The number of ether oxygens (including phenoxy) is 1. The zero-order chi connectivity index (χ0) is 10.7. The topological polar surface area (TPSA) is 42.1 Å². The van der Waals surface area contributed by atoms with E-state index in [1.165, 1.54) is 0 Å². The number of aromatic amines is 1. The van der Waals surface area contributed by atoms with Crippen LogP contribution in [0, 0.1) is 0 Å². The second-order valence-corrected chi connectivity index (χ2v) is 3.76. The lowest BCUT2D eigenvalue weighted by atomic mass is 10.2. The minimum absolute atomic E-state index is 0.384. The third-order valence-electron chi connectivity index (χ3n) is 1.87. The normalized spacial score (nSPS) is 9.93. The molecule has 2 aromatic rings. The molecule has 2 rings (SSSR count). The van der Waals surface area contributed by atoms with E-state index >= 15 is 0 Å². The summed E-state index contributed by atoms with van der Waals surface area (Å²) in [5, 5.41) is 0. The van der Waals surface area contributed by atoms with Crippen molar-refractivity contribution >= 4 is 21.9 Å². The van der Waals surface area contributed by atoms with Crippen LogP contribution in [0.15, 0.2) is 47.1 Å². The van der Waals surface area contributed by atoms with Crippen LogP contribution in [0.2, 0.25) is 0 Å². The van der Waals surface area contributed by atoms with Crippen LogP contribution < -0.4 is 4.74 Å². The molecule has 0 radical (unpaired) electrons. The van der Waals surface area contributed by atoms with Crippen molar-refractivity contribution in [1.82, 2.24) is 4.98 Å². The van der Waals surface area contributed by atoms with Gasteiger partial charge in [-0.25, -0.2) is 4.79 Å². The van der Waals surface area contributed by atoms with Crippen molar-refractivity contribution in [3.05, 3.63) is 52.6 Å². The van der Waals surface area contributed by atoms with Crippen molar-refractivity contribution in [3.63, 3.8) is 0 Å². The second kappa shape index (κ2) is 4.31. The van der Waals surface area contributed by atoms with Crippen LogP contribution in [0.3, 0.4) is 0 Å². The van der Waals surface area contributed by atoms with Crippen LogP contribution in [-0.4, -0.2) is 11.0 Å². The van der Waals surface area contributed by atoms with E-state index in [0.717, 1.165) is 4.47 Å². The summed E-state index contributed by atoms with van der Waals surface area (Å²) < 4.78 is 5.82. The average Bonchev–Trinajstić information content (AvgIpc) is 2.71. The Kier molecular flexibility index (Phi) is 2.87. The fraction of sp³-hybridized carbons (Fsp3) is 0. The smallest absolute Gasteiger partial charge is 0.345 e. The monoisotopic (exact) mass is 265 g/mol. The zero-order valence-electron chi connectivity index (χ0n) is 7.74. The van der Waals surface area contributed by atoms with E-state index in [4.69, 9.17) is 4.74 Å². The summed E-state index contributed by atoms with van der Waals surface area (Å²) >= 11 is 3.29. The van der Waals surface area contributed by atoms with Crippen LogP contribution >= 0.6 is 15.9 Å². The van der Waals surface area contributed by atoms with Gasteiger partial charge in [0.15, 0.2) is 0 Å². The van der Waals surface area contributed by atoms with Crippen LogP contribution in [0.5, 0.6) is 5.88 Å². The van der Waals surface area contributed by atoms with E-state index in [0.29, 0.717) is 11.4 Å². The molecule has 1 heterocycles. The van der Waals surface area contributed by atoms with Crippen molar-refractivity contribution in [2.45, 2.75) is 0 Å². The molecule has 0 saturated carbocycles. The zero-order valence-corrected chi connectivity index (χ0v) is 9.32. The molecule has 0 bridgehead atoms. The fourth-order valence-electron chi connectivity index (χ4n) is 1.16. The molecule has 1 N–H and O–H groups in total. The molecule has 0 aliphatic rings. The lowest BCUT2D eigenvalue weighted by Crippen LogP contribution is -2.09. The summed E-state index contributed by atoms with van der Waals surface area (Å²) in [6.45, 7) is 0.